The maximum Gasteiger partial charge on any atom is 0.313 e. The third-order valence-electron chi connectivity index (χ3n) is 3.52. The first-order chi connectivity index (χ1) is 11.5. The highest BCUT2D eigenvalue weighted by molar-refractivity contribution is 6.39. The zero-order valence-electron chi connectivity index (χ0n) is 14.6. The van der Waals surface area contributed by atoms with Crippen LogP contribution in [0.15, 0.2) is 24.3 Å². The van der Waals surface area contributed by atoms with Crippen LogP contribution in [0.5, 0.6) is 0 Å². The molecule has 0 spiro atoms. The van der Waals surface area contributed by atoms with Crippen LogP contribution in [0.1, 0.15) is 24.9 Å². The fourth-order valence-electron chi connectivity index (χ4n) is 2.11. The fraction of sp³-hybridized carbons (Fsp3) is 0.529. The number of nitrogens with two attached hydrogens (primary N) is 1. The number of hydrogen-bond donors (Lipinski definition) is 2. The highest BCUT2D eigenvalue weighted by Gasteiger charge is 2.21. The maximum absolute atomic E-state index is 12.3. The number of benzene rings is 1. The Labute approximate surface area is 143 Å². The van der Waals surface area contributed by atoms with E-state index in [0.717, 1.165) is 5.56 Å². The molecule has 7 heteroatoms. The first-order valence-electron chi connectivity index (χ1n) is 7.93. The zero-order valence-corrected chi connectivity index (χ0v) is 14.6. The van der Waals surface area contributed by atoms with Gasteiger partial charge in [0.25, 0.3) is 0 Å². The number of carbonyl (C=O) groups excluding carboxylic acids is 2. The van der Waals surface area contributed by atoms with E-state index in [1.807, 2.05) is 19.1 Å². The van der Waals surface area contributed by atoms with Crippen molar-refractivity contribution in [3.8, 4) is 0 Å². The van der Waals surface area contributed by atoms with E-state index in [4.69, 9.17) is 15.2 Å². The number of hydrogen-bond acceptors (Lipinski definition) is 5. The zero-order chi connectivity index (χ0) is 17.9. The van der Waals surface area contributed by atoms with E-state index in [1.54, 1.807) is 26.4 Å². The molecule has 134 valence electrons. The molecule has 0 heterocycles. The van der Waals surface area contributed by atoms with Gasteiger partial charge in [-0.15, -0.1) is 0 Å². The molecule has 1 rings (SSSR count). The van der Waals surface area contributed by atoms with Gasteiger partial charge in [0, 0.05) is 45.6 Å². The highest BCUT2D eigenvalue weighted by atomic mass is 16.5. The molecular formula is C17H27N3O4. The standard InChI is InChI=1S/C17H27N3O4/c1-13(18)14-5-7-15(8-6-14)19-16(21)17(22)20(10-12-24-3)9-4-11-23-2/h5-8,13H,4,9-12,18H2,1-3H3,(H,19,21). The minimum Gasteiger partial charge on any atom is -0.385 e. The molecule has 1 aromatic carbocycles. The molecule has 24 heavy (non-hydrogen) atoms. The first-order valence-corrected chi connectivity index (χ1v) is 7.93. The molecule has 1 atom stereocenters. The smallest absolute Gasteiger partial charge is 0.313 e. The van der Waals surface area contributed by atoms with E-state index < -0.39 is 11.8 Å². The van der Waals surface area contributed by atoms with Gasteiger partial charge in [-0.05, 0) is 31.0 Å². The van der Waals surface area contributed by atoms with Crippen LogP contribution in [-0.4, -0.2) is 57.2 Å². The molecule has 0 saturated heterocycles. The lowest BCUT2D eigenvalue weighted by Gasteiger charge is -2.21. The van der Waals surface area contributed by atoms with E-state index in [9.17, 15) is 9.59 Å². The van der Waals surface area contributed by atoms with Gasteiger partial charge in [-0.25, -0.2) is 0 Å². The van der Waals surface area contributed by atoms with Gasteiger partial charge >= 0.3 is 11.8 Å². The van der Waals surface area contributed by atoms with Crippen molar-refractivity contribution in [1.82, 2.24) is 4.90 Å². The summed E-state index contributed by atoms with van der Waals surface area (Å²) in [5.41, 5.74) is 7.30. The minimum absolute atomic E-state index is 0.0818. The lowest BCUT2D eigenvalue weighted by atomic mass is 10.1. The number of methoxy groups -OCH3 is 2. The molecule has 0 aliphatic carbocycles. The van der Waals surface area contributed by atoms with E-state index in [-0.39, 0.29) is 6.04 Å². The SMILES string of the molecule is COCCCN(CCOC)C(=O)C(=O)Nc1ccc(C(C)N)cc1. The highest BCUT2D eigenvalue weighted by Crippen LogP contribution is 2.14. The maximum atomic E-state index is 12.3. The Morgan fingerprint density at radius 1 is 1.12 bits per heavy atom. The number of carbonyl (C=O) groups is 2. The van der Waals surface area contributed by atoms with Crippen LogP contribution in [0.4, 0.5) is 5.69 Å². The predicted molar refractivity (Wildman–Crippen MR) is 92.6 cm³/mol. The van der Waals surface area contributed by atoms with Gasteiger partial charge < -0.3 is 25.4 Å². The number of amides is 2. The summed E-state index contributed by atoms with van der Waals surface area (Å²) in [7, 11) is 3.15. The molecule has 7 nitrogen and oxygen atoms in total. The van der Waals surface area contributed by atoms with Crippen LogP contribution < -0.4 is 11.1 Å². The molecule has 0 aliphatic heterocycles. The third-order valence-corrected chi connectivity index (χ3v) is 3.52. The largest absolute Gasteiger partial charge is 0.385 e. The van der Waals surface area contributed by atoms with Crippen molar-refractivity contribution in [2.24, 2.45) is 5.73 Å². The summed E-state index contributed by atoms with van der Waals surface area (Å²) in [6.45, 7) is 3.57. The molecule has 0 bridgehead atoms. The summed E-state index contributed by atoms with van der Waals surface area (Å²) in [5.74, 6) is -1.25. The minimum atomic E-state index is -0.669. The second-order valence-corrected chi connectivity index (χ2v) is 5.50. The summed E-state index contributed by atoms with van der Waals surface area (Å²) in [5, 5.41) is 2.61. The van der Waals surface area contributed by atoms with Crippen molar-refractivity contribution < 1.29 is 19.1 Å². The second kappa shape index (κ2) is 10.7. The molecule has 0 radical (unpaired) electrons. The fourth-order valence-corrected chi connectivity index (χ4v) is 2.11. The predicted octanol–water partition coefficient (Wildman–Crippen LogP) is 1.16. The molecule has 0 aromatic heterocycles. The van der Waals surface area contributed by atoms with E-state index >= 15 is 0 Å². The summed E-state index contributed by atoms with van der Waals surface area (Å²) in [4.78, 5) is 26.0. The average molecular weight is 337 g/mol. The number of rotatable bonds is 9. The summed E-state index contributed by atoms with van der Waals surface area (Å²) in [6, 6.07) is 7.03. The van der Waals surface area contributed by atoms with Gasteiger partial charge in [0.2, 0.25) is 0 Å². The van der Waals surface area contributed by atoms with Crippen LogP contribution in [0.25, 0.3) is 0 Å². The number of anilines is 1. The van der Waals surface area contributed by atoms with E-state index in [0.29, 0.717) is 38.4 Å². The van der Waals surface area contributed by atoms with Gasteiger partial charge in [-0.3, -0.25) is 9.59 Å². The molecule has 0 aliphatic rings. The van der Waals surface area contributed by atoms with Crippen LogP contribution in [0.3, 0.4) is 0 Å². The summed E-state index contributed by atoms with van der Waals surface area (Å²) >= 11 is 0. The Morgan fingerprint density at radius 3 is 2.29 bits per heavy atom. The number of ether oxygens (including phenoxy) is 2. The van der Waals surface area contributed by atoms with Gasteiger partial charge in [0.15, 0.2) is 0 Å². The lowest BCUT2D eigenvalue weighted by Crippen LogP contribution is -2.42. The topological polar surface area (TPSA) is 93.9 Å². The Morgan fingerprint density at radius 2 is 1.75 bits per heavy atom. The monoisotopic (exact) mass is 337 g/mol. The Bertz CT molecular complexity index is 517. The normalized spacial score (nSPS) is 11.8. The molecule has 2 amide bonds. The van der Waals surface area contributed by atoms with E-state index in [2.05, 4.69) is 5.32 Å². The van der Waals surface area contributed by atoms with Gasteiger partial charge in [0.1, 0.15) is 0 Å². The quantitative estimate of drug-likeness (QED) is 0.521. The third kappa shape index (κ3) is 6.66. The number of nitrogens with zero attached hydrogens (tertiary/aromatic N) is 1. The average Bonchev–Trinajstić information content (AvgIpc) is 2.57. The van der Waals surface area contributed by atoms with Gasteiger partial charge in [0.05, 0.1) is 6.61 Å². The van der Waals surface area contributed by atoms with Crippen molar-refractivity contribution in [2.75, 3.05) is 45.8 Å². The van der Waals surface area contributed by atoms with Crippen LogP contribution in [-0.2, 0) is 19.1 Å². The Kier molecular flexibility index (Phi) is 8.99. The molecule has 0 fully saturated rings. The summed E-state index contributed by atoms with van der Waals surface area (Å²) in [6.07, 6.45) is 0.655. The van der Waals surface area contributed by atoms with Crippen molar-refractivity contribution in [2.45, 2.75) is 19.4 Å². The molecule has 3 N–H and O–H groups in total. The first kappa shape index (κ1) is 20.1. The second-order valence-electron chi connectivity index (χ2n) is 5.50. The number of nitrogens with one attached hydrogen (secondary N) is 1. The van der Waals surface area contributed by atoms with Crippen LogP contribution in [0.2, 0.25) is 0 Å². The molecular weight excluding hydrogens is 310 g/mol. The van der Waals surface area contributed by atoms with Crippen molar-refractivity contribution in [3.05, 3.63) is 29.8 Å². The summed E-state index contributed by atoms with van der Waals surface area (Å²) < 4.78 is 9.98. The van der Waals surface area contributed by atoms with Gasteiger partial charge in [-0.1, -0.05) is 12.1 Å². The Hall–Kier alpha value is -1.96. The van der Waals surface area contributed by atoms with Crippen LogP contribution in [0, 0.1) is 0 Å². The van der Waals surface area contributed by atoms with E-state index in [1.165, 1.54) is 4.90 Å². The van der Waals surface area contributed by atoms with Crippen molar-refractivity contribution >= 4 is 17.5 Å². The molecule has 1 unspecified atom stereocenters. The van der Waals surface area contributed by atoms with Crippen molar-refractivity contribution in [1.29, 1.82) is 0 Å². The van der Waals surface area contributed by atoms with Crippen LogP contribution >= 0.6 is 0 Å². The van der Waals surface area contributed by atoms with Crippen molar-refractivity contribution in [3.63, 3.8) is 0 Å². The molecule has 0 saturated carbocycles. The molecule has 1 aromatic rings. The Balaban J connectivity index is 2.65. The van der Waals surface area contributed by atoms with Gasteiger partial charge in [-0.2, -0.15) is 0 Å². The lowest BCUT2D eigenvalue weighted by molar-refractivity contribution is -0.143.